The molecule has 0 saturated carbocycles. The average molecular weight is 479 g/mol. The van der Waals surface area contributed by atoms with Crippen molar-refractivity contribution in [3.63, 3.8) is 0 Å². The van der Waals surface area contributed by atoms with Gasteiger partial charge in [-0.05, 0) is 36.5 Å². The maximum atomic E-state index is 12.0. The van der Waals surface area contributed by atoms with E-state index in [9.17, 15) is 13.2 Å². The largest absolute Gasteiger partial charge is 0.466 e. The second kappa shape index (κ2) is 11.2. The summed E-state index contributed by atoms with van der Waals surface area (Å²) in [6, 6.07) is 1.73. The van der Waals surface area contributed by atoms with E-state index in [1.807, 2.05) is 6.92 Å². The van der Waals surface area contributed by atoms with Gasteiger partial charge in [-0.15, -0.1) is 11.3 Å². The van der Waals surface area contributed by atoms with Gasteiger partial charge in [0.25, 0.3) is 0 Å². The molecule has 1 fully saturated rings. The molecule has 3 heterocycles. The van der Waals surface area contributed by atoms with Crippen LogP contribution in [0.5, 0.6) is 0 Å². The zero-order valence-electron chi connectivity index (χ0n) is 17.2. The highest BCUT2D eigenvalue weighted by Gasteiger charge is 2.30. The van der Waals surface area contributed by atoms with Crippen LogP contribution >= 0.6 is 23.3 Å². The van der Waals surface area contributed by atoms with Crippen molar-refractivity contribution in [2.24, 2.45) is 5.14 Å². The molecular weight excluding hydrogens is 448 g/mol. The normalized spacial score (nSPS) is 20.8. The summed E-state index contributed by atoms with van der Waals surface area (Å²) >= 11 is 2.75. The molecule has 0 unspecified atom stereocenters. The van der Waals surface area contributed by atoms with E-state index < -0.39 is 10.0 Å². The predicted molar refractivity (Wildman–Crippen MR) is 117 cm³/mol. The van der Waals surface area contributed by atoms with Crippen LogP contribution in [0.4, 0.5) is 0 Å². The highest BCUT2D eigenvalue weighted by molar-refractivity contribution is 7.99. The number of morpholine rings is 1. The van der Waals surface area contributed by atoms with Crippen molar-refractivity contribution in [3.05, 3.63) is 11.6 Å². The molecule has 2 aliphatic heterocycles. The maximum absolute atomic E-state index is 12.0. The smallest absolute Gasteiger partial charge is 0.307 e. The summed E-state index contributed by atoms with van der Waals surface area (Å²) in [7, 11) is -3.71. The monoisotopic (exact) mass is 478 g/mol. The summed E-state index contributed by atoms with van der Waals surface area (Å²) in [5.41, 5.74) is 0.988. The van der Waals surface area contributed by atoms with Gasteiger partial charge in [-0.25, -0.2) is 17.9 Å². The second-order valence-electron chi connectivity index (χ2n) is 7.22. The molecular formula is C18H30N4O5S3. The molecule has 30 heavy (non-hydrogen) atoms. The van der Waals surface area contributed by atoms with Crippen LogP contribution < -0.4 is 10.5 Å². The van der Waals surface area contributed by atoms with Gasteiger partial charge in [-0.1, -0.05) is 6.92 Å². The van der Waals surface area contributed by atoms with Crippen molar-refractivity contribution in [2.45, 2.75) is 34.2 Å². The first kappa shape index (κ1) is 23.9. The SMILES string of the molecule is CCN[C@H]1CN(CCCOC(=O)CCN2CCOCC2)Sc2sc(S(N)(=O)=O)cc21. The standard InChI is InChI=1S/C18H30N4O5S3/c1-2-20-15-13-22(29-18-14(15)12-17(28-18)30(19,24)25)5-3-9-27-16(23)4-6-21-7-10-26-11-8-21/h12,15,20H,2-11,13H2,1H3,(H2,19,24,25)/t15-/m0/s1. The number of nitrogens with two attached hydrogens (primary N) is 1. The van der Waals surface area contributed by atoms with Gasteiger partial charge < -0.3 is 14.8 Å². The highest BCUT2D eigenvalue weighted by atomic mass is 32.3. The molecule has 1 aromatic heterocycles. The Hall–Kier alpha value is -0.730. The number of hydrogen-bond acceptors (Lipinski definition) is 10. The van der Waals surface area contributed by atoms with Crippen LogP contribution in [0.2, 0.25) is 0 Å². The van der Waals surface area contributed by atoms with Gasteiger partial charge in [0.2, 0.25) is 10.0 Å². The van der Waals surface area contributed by atoms with E-state index in [0.29, 0.717) is 19.6 Å². The third-order valence-electron chi connectivity index (χ3n) is 4.96. The van der Waals surface area contributed by atoms with Gasteiger partial charge in [0.15, 0.2) is 0 Å². The number of carbonyl (C=O) groups excluding carboxylic acids is 1. The number of nitrogens with one attached hydrogen (secondary N) is 1. The molecule has 0 aliphatic carbocycles. The number of thiophene rings is 1. The Morgan fingerprint density at radius 2 is 2.13 bits per heavy atom. The minimum Gasteiger partial charge on any atom is -0.466 e. The molecule has 3 N–H and O–H groups in total. The van der Waals surface area contributed by atoms with E-state index in [2.05, 4.69) is 14.5 Å². The number of carbonyl (C=O) groups is 1. The Labute approximate surface area is 186 Å². The lowest BCUT2D eigenvalue weighted by Gasteiger charge is -2.31. The lowest BCUT2D eigenvalue weighted by molar-refractivity contribution is -0.144. The topological polar surface area (TPSA) is 114 Å². The fourth-order valence-electron chi connectivity index (χ4n) is 3.41. The first-order valence-corrected chi connectivity index (χ1v) is 13.3. The van der Waals surface area contributed by atoms with Crippen molar-refractivity contribution in [1.29, 1.82) is 0 Å². The first-order chi connectivity index (χ1) is 14.4. The Kier molecular flexibility index (Phi) is 8.95. The maximum Gasteiger partial charge on any atom is 0.307 e. The number of ether oxygens (including phenoxy) is 2. The van der Waals surface area contributed by atoms with Gasteiger partial charge in [-0.2, -0.15) is 0 Å². The number of primary sulfonamides is 1. The summed E-state index contributed by atoms with van der Waals surface area (Å²) in [6.45, 7) is 8.56. The van der Waals surface area contributed by atoms with Crippen molar-refractivity contribution in [1.82, 2.24) is 14.5 Å². The van der Waals surface area contributed by atoms with Crippen LogP contribution in [-0.2, 0) is 24.3 Å². The van der Waals surface area contributed by atoms with Gasteiger partial charge in [0.1, 0.15) is 4.21 Å². The van der Waals surface area contributed by atoms with E-state index in [1.54, 1.807) is 18.0 Å². The summed E-state index contributed by atoms with van der Waals surface area (Å²) in [6.07, 6.45) is 1.12. The lowest BCUT2D eigenvalue weighted by Crippen LogP contribution is -2.37. The third-order valence-corrected chi connectivity index (χ3v) is 8.79. The summed E-state index contributed by atoms with van der Waals surface area (Å²) < 4.78 is 37.4. The number of fused-ring (bicyclic) bond motifs is 1. The molecule has 0 radical (unpaired) electrons. The number of hydrogen-bond donors (Lipinski definition) is 2. The molecule has 3 rings (SSSR count). The number of esters is 1. The zero-order chi connectivity index (χ0) is 21.6. The van der Waals surface area contributed by atoms with Gasteiger partial charge in [-0.3, -0.25) is 9.69 Å². The van der Waals surface area contributed by atoms with Crippen molar-refractivity contribution < 1.29 is 22.7 Å². The van der Waals surface area contributed by atoms with Crippen LogP contribution in [-0.4, -0.2) is 82.7 Å². The molecule has 1 atom stereocenters. The molecule has 170 valence electrons. The second-order valence-corrected chi connectivity index (χ2v) is 11.4. The molecule has 2 aliphatic rings. The van der Waals surface area contributed by atoms with Gasteiger partial charge in [0, 0.05) is 38.8 Å². The third kappa shape index (κ3) is 6.89. The van der Waals surface area contributed by atoms with Gasteiger partial charge >= 0.3 is 5.97 Å². The molecule has 0 amide bonds. The van der Waals surface area contributed by atoms with E-state index in [1.165, 1.54) is 11.3 Å². The van der Waals surface area contributed by atoms with Crippen molar-refractivity contribution >= 4 is 39.3 Å². The van der Waals surface area contributed by atoms with Crippen molar-refractivity contribution in [3.8, 4) is 0 Å². The lowest BCUT2D eigenvalue weighted by atomic mass is 10.1. The molecule has 1 saturated heterocycles. The molecule has 12 heteroatoms. The van der Waals surface area contributed by atoms with E-state index >= 15 is 0 Å². The molecule has 1 aromatic rings. The summed E-state index contributed by atoms with van der Waals surface area (Å²) in [4.78, 5) is 14.2. The number of likely N-dealkylation sites (N-methyl/N-ethyl adjacent to an activating group) is 1. The minimum absolute atomic E-state index is 0.0501. The fraction of sp³-hybridized carbons (Fsp3) is 0.722. The van der Waals surface area contributed by atoms with E-state index in [4.69, 9.17) is 14.6 Å². The summed E-state index contributed by atoms with van der Waals surface area (Å²) in [5, 5.41) is 8.71. The van der Waals surface area contributed by atoms with E-state index in [-0.39, 0.29) is 16.2 Å². The Balaban J connectivity index is 1.43. The number of sulfonamides is 1. The van der Waals surface area contributed by atoms with Crippen LogP contribution in [0.1, 0.15) is 31.4 Å². The fourth-order valence-corrected chi connectivity index (χ4v) is 6.98. The van der Waals surface area contributed by atoms with Crippen molar-refractivity contribution in [2.75, 3.05) is 59.1 Å². The summed E-state index contributed by atoms with van der Waals surface area (Å²) in [5.74, 6) is -0.170. The average Bonchev–Trinajstić information content (AvgIpc) is 3.16. The van der Waals surface area contributed by atoms with Crippen LogP contribution in [0.25, 0.3) is 0 Å². The molecule has 9 nitrogen and oxygen atoms in total. The predicted octanol–water partition coefficient (Wildman–Crippen LogP) is 1.02. The van der Waals surface area contributed by atoms with Crippen LogP contribution in [0, 0.1) is 0 Å². The zero-order valence-corrected chi connectivity index (χ0v) is 19.6. The molecule has 0 aromatic carbocycles. The highest BCUT2D eigenvalue weighted by Crippen LogP contribution is 2.43. The quantitative estimate of drug-likeness (QED) is 0.289. The Morgan fingerprint density at radius 3 is 2.83 bits per heavy atom. The van der Waals surface area contributed by atoms with Gasteiger partial charge in [0.05, 0.1) is 30.5 Å². The van der Waals surface area contributed by atoms with Crippen LogP contribution in [0.15, 0.2) is 14.5 Å². The van der Waals surface area contributed by atoms with Crippen LogP contribution in [0.3, 0.4) is 0 Å². The molecule has 0 spiro atoms. The number of nitrogens with zero attached hydrogens (tertiary/aromatic N) is 2. The Bertz CT molecular complexity index is 811. The first-order valence-electron chi connectivity index (χ1n) is 10.2. The minimum atomic E-state index is -3.71. The molecule has 0 bridgehead atoms. The number of rotatable bonds is 10. The van der Waals surface area contributed by atoms with E-state index in [0.717, 1.165) is 62.1 Å². The Morgan fingerprint density at radius 1 is 1.37 bits per heavy atom.